The Morgan fingerprint density at radius 2 is 2.10 bits per heavy atom. The molecule has 4 heterocycles. The molecule has 0 aromatic carbocycles. The van der Waals surface area contributed by atoms with Crippen molar-refractivity contribution in [1.29, 1.82) is 0 Å². The first kappa shape index (κ1) is 12.7. The number of aromatic nitrogens is 5. The maximum absolute atomic E-state index is 4.60. The summed E-state index contributed by atoms with van der Waals surface area (Å²) < 4.78 is 3.03. The van der Waals surface area contributed by atoms with Gasteiger partial charge < -0.3 is 4.90 Å². The topological polar surface area (TPSA) is 59.7 Å². The van der Waals surface area contributed by atoms with Crippen LogP contribution < -0.4 is 4.90 Å². The summed E-state index contributed by atoms with van der Waals surface area (Å²) in [5, 5.41) is 4.38. The number of fused-ring (bicyclic) bond motifs is 1. The van der Waals surface area contributed by atoms with Gasteiger partial charge in [-0.3, -0.25) is 9.67 Å². The van der Waals surface area contributed by atoms with Gasteiger partial charge in [0.2, 0.25) is 0 Å². The monoisotopic (exact) mass is 344 g/mol. The number of nitrogens with zero attached hydrogens (tertiary/aromatic N) is 6. The first-order chi connectivity index (χ1) is 10.3. The molecule has 3 aromatic rings. The Kier molecular flexibility index (Phi) is 3.07. The van der Waals surface area contributed by atoms with Gasteiger partial charge in [-0.1, -0.05) is 0 Å². The van der Waals surface area contributed by atoms with Crippen LogP contribution in [-0.4, -0.2) is 37.8 Å². The SMILES string of the molecule is Brc1cnn(C2CCN(c3ccc4nccnc4n3)C2)c1. The van der Waals surface area contributed by atoms with Crippen molar-refractivity contribution in [3.8, 4) is 0 Å². The van der Waals surface area contributed by atoms with E-state index in [2.05, 4.69) is 40.9 Å². The van der Waals surface area contributed by atoms with Crippen LogP contribution in [0.1, 0.15) is 12.5 Å². The van der Waals surface area contributed by atoms with Crippen molar-refractivity contribution in [2.75, 3.05) is 18.0 Å². The van der Waals surface area contributed by atoms with E-state index in [0.717, 1.165) is 35.3 Å². The van der Waals surface area contributed by atoms with Crippen molar-refractivity contribution in [3.05, 3.63) is 41.4 Å². The molecule has 21 heavy (non-hydrogen) atoms. The molecule has 0 N–H and O–H groups in total. The maximum atomic E-state index is 4.60. The van der Waals surface area contributed by atoms with Gasteiger partial charge in [0, 0.05) is 31.7 Å². The van der Waals surface area contributed by atoms with E-state index in [-0.39, 0.29) is 0 Å². The van der Waals surface area contributed by atoms with E-state index in [9.17, 15) is 0 Å². The Labute approximate surface area is 130 Å². The molecule has 4 rings (SSSR count). The quantitative estimate of drug-likeness (QED) is 0.714. The van der Waals surface area contributed by atoms with Crippen LogP contribution in [0, 0.1) is 0 Å². The van der Waals surface area contributed by atoms with Crippen molar-refractivity contribution >= 4 is 32.9 Å². The highest BCUT2D eigenvalue weighted by molar-refractivity contribution is 9.10. The average molecular weight is 345 g/mol. The second kappa shape index (κ2) is 5.07. The van der Waals surface area contributed by atoms with Crippen molar-refractivity contribution in [3.63, 3.8) is 0 Å². The standard InChI is InChI=1S/C14H13BrN6/c15-10-7-18-21(8-10)11-3-6-20(9-11)13-2-1-12-14(19-13)17-5-4-16-12/h1-2,4-5,7-8,11H,3,6,9H2. The van der Waals surface area contributed by atoms with Gasteiger partial charge in [0.1, 0.15) is 11.3 Å². The van der Waals surface area contributed by atoms with Gasteiger partial charge in [-0.2, -0.15) is 5.10 Å². The van der Waals surface area contributed by atoms with Gasteiger partial charge in [0.25, 0.3) is 0 Å². The van der Waals surface area contributed by atoms with Crippen molar-refractivity contribution in [2.45, 2.75) is 12.5 Å². The second-order valence-corrected chi connectivity index (χ2v) is 6.01. The molecule has 1 aliphatic heterocycles. The Morgan fingerprint density at radius 3 is 2.95 bits per heavy atom. The summed E-state index contributed by atoms with van der Waals surface area (Å²) in [6.07, 6.45) is 8.27. The lowest BCUT2D eigenvalue weighted by Gasteiger charge is -2.17. The fourth-order valence-electron chi connectivity index (χ4n) is 2.70. The molecular formula is C14H13BrN6. The minimum absolute atomic E-state index is 0.385. The van der Waals surface area contributed by atoms with E-state index in [4.69, 9.17) is 0 Å². The first-order valence-electron chi connectivity index (χ1n) is 6.82. The molecule has 0 saturated carbocycles. The number of halogens is 1. The van der Waals surface area contributed by atoms with Gasteiger partial charge in [0.05, 0.1) is 16.7 Å². The molecule has 0 radical (unpaired) electrons. The highest BCUT2D eigenvalue weighted by Gasteiger charge is 2.25. The van der Waals surface area contributed by atoms with Crippen LogP contribution in [0.25, 0.3) is 11.2 Å². The van der Waals surface area contributed by atoms with E-state index in [1.54, 1.807) is 12.4 Å². The van der Waals surface area contributed by atoms with Crippen LogP contribution in [0.15, 0.2) is 41.4 Å². The number of rotatable bonds is 2. The summed E-state index contributed by atoms with van der Waals surface area (Å²) in [5.41, 5.74) is 1.52. The molecule has 0 aliphatic carbocycles. The van der Waals surface area contributed by atoms with Crippen molar-refractivity contribution < 1.29 is 0 Å². The third-order valence-corrected chi connectivity index (χ3v) is 4.16. The molecule has 3 aromatic heterocycles. The fraction of sp³-hybridized carbons (Fsp3) is 0.286. The minimum Gasteiger partial charge on any atom is -0.354 e. The largest absolute Gasteiger partial charge is 0.354 e. The molecule has 0 amide bonds. The van der Waals surface area contributed by atoms with Gasteiger partial charge >= 0.3 is 0 Å². The van der Waals surface area contributed by atoms with Crippen LogP contribution in [0.4, 0.5) is 5.82 Å². The Morgan fingerprint density at radius 1 is 1.19 bits per heavy atom. The molecule has 1 fully saturated rings. The number of hydrogen-bond donors (Lipinski definition) is 0. The zero-order valence-corrected chi connectivity index (χ0v) is 12.8. The first-order valence-corrected chi connectivity index (χ1v) is 7.61. The van der Waals surface area contributed by atoms with Crippen LogP contribution in [0.2, 0.25) is 0 Å². The average Bonchev–Trinajstić information content (AvgIpc) is 3.15. The molecule has 1 aliphatic rings. The van der Waals surface area contributed by atoms with Gasteiger partial charge in [-0.05, 0) is 34.5 Å². The molecule has 1 saturated heterocycles. The molecule has 0 bridgehead atoms. The molecule has 7 heteroatoms. The second-order valence-electron chi connectivity index (χ2n) is 5.10. The number of anilines is 1. The van der Waals surface area contributed by atoms with E-state index < -0.39 is 0 Å². The van der Waals surface area contributed by atoms with Gasteiger partial charge in [0.15, 0.2) is 5.65 Å². The number of hydrogen-bond acceptors (Lipinski definition) is 5. The Bertz CT molecular complexity index is 786. The maximum Gasteiger partial charge on any atom is 0.180 e. The van der Waals surface area contributed by atoms with Gasteiger partial charge in [-0.25, -0.2) is 9.97 Å². The summed E-state index contributed by atoms with van der Waals surface area (Å²) in [6, 6.07) is 4.37. The van der Waals surface area contributed by atoms with Crippen molar-refractivity contribution in [2.24, 2.45) is 0 Å². The molecule has 106 valence electrons. The van der Waals surface area contributed by atoms with Crippen molar-refractivity contribution in [1.82, 2.24) is 24.7 Å². The van der Waals surface area contributed by atoms with Crippen LogP contribution >= 0.6 is 15.9 Å². The highest BCUT2D eigenvalue weighted by atomic mass is 79.9. The molecule has 1 atom stereocenters. The zero-order chi connectivity index (χ0) is 14.2. The van der Waals surface area contributed by atoms with Crippen LogP contribution in [-0.2, 0) is 0 Å². The zero-order valence-electron chi connectivity index (χ0n) is 11.2. The predicted octanol–water partition coefficient (Wildman–Crippen LogP) is 2.44. The van der Waals surface area contributed by atoms with Gasteiger partial charge in [-0.15, -0.1) is 0 Å². The third-order valence-electron chi connectivity index (χ3n) is 3.75. The fourth-order valence-corrected chi connectivity index (χ4v) is 3.00. The summed E-state index contributed by atoms with van der Waals surface area (Å²) in [6.45, 7) is 1.88. The summed E-state index contributed by atoms with van der Waals surface area (Å²) >= 11 is 3.44. The Balaban J connectivity index is 1.59. The lowest BCUT2D eigenvalue weighted by atomic mass is 10.3. The number of pyridine rings is 1. The summed E-state index contributed by atoms with van der Waals surface area (Å²) in [5.74, 6) is 0.955. The van der Waals surface area contributed by atoms with E-state index >= 15 is 0 Å². The van der Waals surface area contributed by atoms with Crippen LogP contribution in [0.5, 0.6) is 0 Å². The normalized spacial score (nSPS) is 18.5. The molecule has 6 nitrogen and oxygen atoms in total. The lowest BCUT2D eigenvalue weighted by molar-refractivity contribution is 0.494. The Hall–Kier alpha value is -2.02. The minimum atomic E-state index is 0.385. The summed E-state index contributed by atoms with van der Waals surface area (Å²) in [4.78, 5) is 15.4. The highest BCUT2D eigenvalue weighted by Crippen LogP contribution is 2.26. The molecular weight excluding hydrogens is 332 g/mol. The van der Waals surface area contributed by atoms with E-state index in [1.165, 1.54) is 0 Å². The van der Waals surface area contributed by atoms with E-state index in [0.29, 0.717) is 11.7 Å². The lowest BCUT2D eigenvalue weighted by Crippen LogP contribution is -2.22. The predicted molar refractivity (Wildman–Crippen MR) is 83.1 cm³/mol. The third kappa shape index (κ3) is 2.37. The van der Waals surface area contributed by atoms with Crippen LogP contribution in [0.3, 0.4) is 0 Å². The van der Waals surface area contributed by atoms with E-state index in [1.807, 2.05) is 29.2 Å². The summed E-state index contributed by atoms with van der Waals surface area (Å²) in [7, 11) is 0. The molecule has 1 unspecified atom stereocenters. The molecule has 0 spiro atoms. The smallest absolute Gasteiger partial charge is 0.180 e.